The first-order valence-corrected chi connectivity index (χ1v) is 8.27. The fraction of sp³-hybridized carbons (Fsp3) is 0.154. The van der Waals surface area contributed by atoms with E-state index in [1.165, 1.54) is 24.4 Å². The minimum absolute atomic E-state index is 0.110. The molecule has 0 fully saturated rings. The third kappa shape index (κ3) is 3.99. The van der Waals surface area contributed by atoms with Gasteiger partial charge in [0.05, 0.1) is 4.90 Å². The number of aromatic nitrogens is 1. The lowest BCUT2D eigenvalue weighted by Gasteiger charge is -2.12. The highest BCUT2D eigenvalue weighted by atomic mass is 79.9. The molecule has 2 N–H and O–H groups in total. The molecule has 5 nitrogen and oxygen atoms in total. The predicted octanol–water partition coefficient (Wildman–Crippen LogP) is 2.50. The van der Waals surface area contributed by atoms with Crippen LogP contribution in [0, 0.1) is 5.82 Å². The van der Waals surface area contributed by atoms with Gasteiger partial charge in [-0.25, -0.2) is 17.8 Å². The molecule has 0 saturated carbocycles. The van der Waals surface area contributed by atoms with Crippen molar-refractivity contribution in [1.29, 1.82) is 0 Å². The van der Waals surface area contributed by atoms with E-state index in [0.29, 0.717) is 12.1 Å². The van der Waals surface area contributed by atoms with Crippen molar-refractivity contribution in [3.63, 3.8) is 0 Å². The SMILES string of the molecule is CNCc1ccc(F)cc1S(=O)(=O)Nc1ccc(Br)cn1. The molecule has 0 atom stereocenters. The first-order valence-electron chi connectivity index (χ1n) is 6.00. The third-order valence-corrected chi connectivity index (χ3v) is 4.56. The van der Waals surface area contributed by atoms with Crippen LogP contribution in [-0.2, 0) is 16.6 Å². The fourth-order valence-electron chi connectivity index (χ4n) is 1.74. The standard InChI is InChI=1S/C13H13BrFN3O2S/c1-16-7-9-2-4-11(15)6-12(9)21(19,20)18-13-5-3-10(14)8-17-13/h2-6,8,16H,7H2,1H3,(H,17,18). The molecule has 8 heteroatoms. The smallest absolute Gasteiger partial charge is 0.263 e. The Hall–Kier alpha value is -1.51. The van der Waals surface area contributed by atoms with Gasteiger partial charge in [0.1, 0.15) is 11.6 Å². The Kier molecular flexibility index (Phi) is 4.92. The van der Waals surface area contributed by atoms with Gasteiger partial charge in [0.15, 0.2) is 0 Å². The van der Waals surface area contributed by atoms with E-state index in [2.05, 4.69) is 31.0 Å². The zero-order valence-corrected chi connectivity index (χ0v) is 13.5. The molecule has 21 heavy (non-hydrogen) atoms. The van der Waals surface area contributed by atoms with Gasteiger partial charge in [-0.3, -0.25) is 4.72 Å². The van der Waals surface area contributed by atoms with E-state index < -0.39 is 15.8 Å². The van der Waals surface area contributed by atoms with E-state index in [1.807, 2.05) is 0 Å². The second kappa shape index (κ2) is 6.50. The van der Waals surface area contributed by atoms with Crippen molar-refractivity contribution in [3.05, 3.63) is 52.4 Å². The quantitative estimate of drug-likeness (QED) is 0.844. The average molecular weight is 374 g/mol. The number of rotatable bonds is 5. The van der Waals surface area contributed by atoms with Crippen LogP contribution in [0.3, 0.4) is 0 Å². The lowest BCUT2D eigenvalue weighted by atomic mass is 10.2. The molecular weight excluding hydrogens is 361 g/mol. The molecule has 0 spiro atoms. The predicted molar refractivity (Wildman–Crippen MR) is 81.9 cm³/mol. The molecule has 0 saturated heterocycles. The van der Waals surface area contributed by atoms with Crippen LogP contribution in [0.1, 0.15) is 5.56 Å². The summed E-state index contributed by atoms with van der Waals surface area (Å²) < 4.78 is 41.2. The molecule has 112 valence electrons. The van der Waals surface area contributed by atoms with Crippen LogP contribution in [0.2, 0.25) is 0 Å². The maximum Gasteiger partial charge on any atom is 0.263 e. The molecule has 2 aromatic rings. The molecule has 0 aliphatic carbocycles. The van der Waals surface area contributed by atoms with Gasteiger partial charge < -0.3 is 5.32 Å². The molecule has 0 bridgehead atoms. The largest absolute Gasteiger partial charge is 0.316 e. The van der Waals surface area contributed by atoms with Crippen LogP contribution in [0.15, 0.2) is 45.9 Å². The van der Waals surface area contributed by atoms with Gasteiger partial charge in [0.25, 0.3) is 10.0 Å². The second-order valence-corrected chi connectivity index (χ2v) is 6.82. The van der Waals surface area contributed by atoms with Gasteiger partial charge in [-0.15, -0.1) is 0 Å². The van der Waals surface area contributed by atoms with Crippen LogP contribution in [0.5, 0.6) is 0 Å². The summed E-state index contributed by atoms with van der Waals surface area (Å²) in [5.41, 5.74) is 0.475. The Morgan fingerprint density at radius 2 is 2.05 bits per heavy atom. The zero-order chi connectivity index (χ0) is 15.5. The summed E-state index contributed by atoms with van der Waals surface area (Å²) in [6.07, 6.45) is 1.47. The van der Waals surface area contributed by atoms with Crippen molar-refractivity contribution >= 4 is 31.8 Å². The molecule has 1 heterocycles. The lowest BCUT2D eigenvalue weighted by molar-refractivity contribution is 0.592. The van der Waals surface area contributed by atoms with E-state index >= 15 is 0 Å². The monoisotopic (exact) mass is 373 g/mol. The van der Waals surface area contributed by atoms with Crippen LogP contribution >= 0.6 is 15.9 Å². The summed E-state index contributed by atoms with van der Waals surface area (Å²) in [6.45, 7) is 0.310. The molecular formula is C13H13BrFN3O2S. The molecule has 0 unspecified atom stereocenters. The Balaban J connectivity index is 2.39. The lowest BCUT2D eigenvalue weighted by Crippen LogP contribution is -2.18. The van der Waals surface area contributed by atoms with Gasteiger partial charge in [-0.1, -0.05) is 6.07 Å². The molecule has 2 rings (SSSR count). The summed E-state index contributed by atoms with van der Waals surface area (Å²) in [4.78, 5) is 3.83. The van der Waals surface area contributed by atoms with Crippen molar-refractivity contribution < 1.29 is 12.8 Å². The van der Waals surface area contributed by atoms with Gasteiger partial charge in [-0.05, 0) is 52.8 Å². The average Bonchev–Trinajstić information content (AvgIpc) is 2.43. The number of pyridine rings is 1. The highest BCUT2D eigenvalue weighted by Crippen LogP contribution is 2.21. The van der Waals surface area contributed by atoms with E-state index in [9.17, 15) is 12.8 Å². The number of benzene rings is 1. The van der Waals surface area contributed by atoms with E-state index in [0.717, 1.165) is 10.5 Å². The molecule has 0 radical (unpaired) electrons. The molecule has 0 amide bonds. The number of hydrogen-bond donors (Lipinski definition) is 2. The third-order valence-electron chi connectivity index (χ3n) is 2.65. The molecule has 0 aliphatic heterocycles. The van der Waals surface area contributed by atoms with Crippen molar-refractivity contribution in [2.24, 2.45) is 0 Å². The normalized spacial score (nSPS) is 11.4. The summed E-state index contributed by atoms with van der Waals surface area (Å²) in [6, 6.07) is 6.83. The zero-order valence-electron chi connectivity index (χ0n) is 11.1. The number of anilines is 1. The second-order valence-electron chi connectivity index (χ2n) is 4.25. The van der Waals surface area contributed by atoms with Crippen molar-refractivity contribution in [2.75, 3.05) is 11.8 Å². The summed E-state index contributed by atoms with van der Waals surface area (Å²) >= 11 is 3.21. The molecule has 1 aromatic heterocycles. The number of halogens is 2. The highest BCUT2D eigenvalue weighted by Gasteiger charge is 2.19. The highest BCUT2D eigenvalue weighted by molar-refractivity contribution is 9.10. The summed E-state index contributed by atoms with van der Waals surface area (Å²) in [5.74, 6) is -0.447. The Bertz CT molecular complexity index is 736. The van der Waals surface area contributed by atoms with Crippen LogP contribution in [0.25, 0.3) is 0 Å². The molecule has 0 aliphatic rings. The van der Waals surface area contributed by atoms with Gasteiger partial charge in [0.2, 0.25) is 0 Å². The Morgan fingerprint density at radius 1 is 1.29 bits per heavy atom. The van der Waals surface area contributed by atoms with E-state index in [-0.39, 0.29) is 10.7 Å². The van der Waals surface area contributed by atoms with Gasteiger partial charge in [0, 0.05) is 17.2 Å². The van der Waals surface area contributed by atoms with E-state index in [4.69, 9.17) is 0 Å². The maximum atomic E-state index is 13.4. The fourth-order valence-corrected chi connectivity index (χ4v) is 3.24. The van der Waals surface area contributed by atoms with Crippen LogP contribution in [0.4, 0.5) is 10.2 Å². The summed E-state index contributed by atoms with van der Waals surface area (Å²) in [5, 5.41) is 2.85. The minimum atomic E-state index is -3.91. The van der Waals surface area contributed by atoms with Crippen molar-refractivity contribution in [2.45, 2.75) is 11.4 Å². The number of sulfonamides is 1. The Morgan fingerprint density at radius 3 is 2.67 bits per heavy atom. The number of nitrogens with one attached hydrogen (secondary N) is 2. The first-order chi connectivity index (χ1) is 9.92. The first kappa shape index (κ1) is 15.9. The van der Waals surface area contributed by atoms with Crippen LogP contribution < -0.4 is 10.0 Å². The number of nitrogens with zero attached hydrogens (tertiary/aromatic N) is 1. The Labute approximate surface area is 130 Å². The van der Waals surface area contributed by atoms with Gasteiger partial charge >= 0.3 is 0 Å². The summed E-state index contributed by atoms with van der Waals surface area (Å²) in [7, 11) is -2.23. The van der Waals surface area contributed by atoms with Gasteiger partial charge in [-0.2, -0.15) is 0 Å². The topological polar surface area (TPSA) is 71.1 Å². The van der Waals surface area contributed by atoms with Crippen LogP contribution in [-0.4, -0.2) is 20.4 Å². The van der Waals surface area contributed by atoms with Crippen molar-refractivity contribution in [3.8, 4) is 0 Å². The minimum Gasteiger partial charge on any atom is -0.316 e. The van der Waals surface area contributed by atoms with Crippen molar-refractivity contribution in [1.82, 2.24) is 10.3 Å². The molecule has 1 aromatic carbocycles. The maximum absolute atomic E-state index is 13.4. The van der Waals surface area contributed by atoms with E-state index in [1.54, 1.807) is 13.1 Å². The number of hydrogen-bond acceptors (Lipinski definition) is 4.